The highest BCUT2D eigenvalue weighted by atomic mass is 16.3. The Bertz CT molecular complexity index is 652. The number of carbonyl (C=O) groups excluding carboxylic acids is 2. The highest BCUT2D eigenvalue weighted by molar-refractivity contribution is 6.15. The van der Waals surface area contributed by atoms with Gasteiger partial charge < -0.3 is 10.0 Å². The summed E-state index contributed by atoms with van der Waals surface area (Å²) in [7, 11) is 0. The maximum Gasteiger partial charge on any atom is 0.254 e. The zero-order chi connectivity index (χ0) is 15.9. The monoisotopic (exact) mass is 297 g/mol. The molecule has 4 heteroatoms. The number of rotatable bonds is 6. The highest BCUT2D eigenvalue weighted by Crippen LogP contribution is 2.16. The topological polar surface area (TPSA) is 57.6 Å². The summed E-state index contributed by atoms with van der Waals surface area (Å²) in [5.74, 6) is -0.416. The van der Waals surface area contributed by atoms with Gasteiger partial charge >= 0.3 is 0 Å². The Balaban J connectivity index is 2.39. The molecule has 1 amide bonds. The average molecular weight is 297 g/mol. The normalized spacial score (nSPS) is 10.3. The first-order chi connectivity index (χ1) is 10.7. The molecule has 2 rings (SSSR count). The third kappa shape index (κ3) is 3.40. The van der Waals surface area contributed by atoms with Crippen molar-refractivity contribution >= 4 is 11.7 Å². The summed E-state index contributed by atoms with van der Waals surface area (Å²) in [6.07, 6.45) is 0. The lowest BCUT2D eigenvalue weighted by Gasteiger charge is -2.21. The van der Waals surface area contributed by atoms with Gasteiger partial charge in [0.25, 0.3) is 5.91 Å². The molecule has 0 saturated heterocycles. The molecule has 0 atom stereocenters. The van der Waals surface area contributed by atoms with E-state index >= 15 is 0 Å². The summed E-state index contributed by atoms with van der Waals surface area (Å²) in [5.41, 5.74) is 1.30. The average Bonchev–Trinajstić information content (AvgIpc) is 2.59. The number of ketones is 1. The fourth-order valence-electron chi connectivity index (χ4n) is 2.31. The molecule has 2 aromatic rings. The predicted molar refractivity (Wildman–Crippen MR) is 85.0 cm³/mol. The van der Waals surface area contributed by atoms with Crippen molar-refractivity contribution in [3.63, 3.8) is 0 Å². The van der Waals surface area contributed by atoms with E-state index in [9.17, 15) is 9.59 Å². The van der Waals surface area contributed by atoms with Crippen LogP contribution in [-0.2, 0) is 0 Å². The number of aliphatic hydroxyl groups excluding tert-OH is 1. The Morgan fingerprint density at radius 1 is 0.955 bits per heavy atom. The SMILES string of the molecule is CCN(CCO)C(=O)c1ccccc1C(=O)c1ccccc1. The molecule has 0 bridgehead atoms. The minimum Gasteiger partial charge on any atom is -0.395 e. The lowest BCUT2D eigenvalue weighted by atomic mass is 9.97. The molecule has 114 valence electrons. The first-order valence-electron chi connectivity index (χ1n) is 7.28. The van der Waals surface area contributed by atoms with E-state index < -0.39 is 0 Å². The van der Waals surface area contributed by atoms with Gasteiger partial charge in [-0.15, -0.1) is 0 Å². The second kappa shape index (κ2) is 7.52. The van der Waals surface area contributed by atoms with Crippen LogP contribution >= 0.6 is 0 Å². The van der Waals surface area contributed by atoms with Crippen LogP contribution in [0.15, 0.2) is 54.6 Å². The van der Waals surface area contributed by atoms with Crippen molar-refractivity contribution in [1.29, 1.82) is 0 Å². The summed E-state index contributed by atoms with van der Waals surface area (Å²) in [6.45, 7) is 2.47. The molecule has 22 heavy (non-hydrogen) atoms. The number of hydrogen-bond acceptors (Lipinski definition) is 3. The summed E-state index contributed by atoms with van der Waals surface area (Å²) in [5, 5.41) is 9.06. The van der Waals surface area contributed by atoms with E-state index in [-0.39, 0.29) is 24.8 Å². The molecule has 4 nitrogen and oxygen atoms in total. The fraction of sp³-hybridized carbons (Fsp3) is 0.222. The minimum absolute atomic E-state index is 0.103. The number of benzene rings is 2. The Labute approximate surface area is 130 Å². The number of nitrogens with zero attached hydrogens (tertiary/aromatic N) is 1. The Morgan fingerprint density at radius 2 is 1.55 bits per heavy atom. The van der Waals surface area contributed by atoms with Crippen LogP contribution in [0.3, 0.4) is 0 Å². The second-order valence-electron chi connectivity index (χ2n) is 4.85. The van der Waals surface area contributed by atoms with Gasteiger partial charge in [0.1, 0.15) is 0 Å². The van der Waals surface area contributed by atoms with Crippen LogP contribution in [0.5, 0.6) is 0 Å². The first kappa shape index (κ1) is 15.9. The number of likely N-dealkylation sites (N-methyl/N-ethyl adjacent to an activating group) is 1. The molecule has 0 aliphatic carbocycles. The third-order valence-electron chi connectivity index (χ3n) is 3.48. The van der Waals surface area contributed by atoms with Gasteiger partial charge in [-0.05, 0) is 13.0 Å². The second-order valence-corrected chi connectivity index (χ2v) is 4.85. The lowest BCUT2D eigenvalue weighted by Crippen LogP contribution is -2.34. The number of hydrogen-bond donors (Lipinski definition) is 1. The van der Waals surface area contributed by atoms with Crippen LogP contribution in [-0.4, -0.2) is 41.4 Å². The first-order valence-corrected chi connectivity index (χ1v) is 7.28. The van der Waals surface area contributed by atoms with E-state index in [1.165, 1.54) is 4.90 Å². The maximum absolute atomic E-state index is 12.6. The molecule has 0 heterocycles. The van der Waals surface area contributed by atoms with Crippen LogP contribution in [0.4, 0.5) is 0 Å². The van der Waals surface area contributed by atoms with E-state index in [2.05, 4.69) is 0 Å². The fourth-order valence-corrected chi connectivity index (χ4v) is 2.31. The molecule has 0 aliphatic heterocycles. The van der Waals surface area contributed by atoms with E-state index in [0.29, 0.717) is 23.2 Å². The standard InChI is InChI=1S/C18H19NO3/c1-2-19(12-13-20)18(22)16-11-7-6-10-15(16)17(21)14-8-4-3-5-9-14/h3-11,20H,2,12-13H2,1H3. The van der Waals surface area contributed by atoms with Crippen LogP contribution in [0.1, 0.15) is 33.2 Å². The van der Waals surface area contributed by atoms with Gasteiger partial charge in [0, 0.05) is 24.2 Å². The Morgan fingerprint density at radius 3 is 2.14 bits per heavy atom. The zero-order valence-corrected chi connectivity index (χ0v) is 12.5. The molecular formula is C18H19NO3. The van der Waals surface area contributed by atoms with Crippen molar-refractivity contribution in [1.82, 2.24) is 4.90 Å². The van der Waals surface area contributed by atoms with Crippen LogP contribution in [0, 0.1) is 0 Å². The molecule has 0 saturated carbocycles. The van der Waals surface area contributed by atoms with E-state index in [1.54, 1.807) is 48.5 Å². The lowest BCUT2D eigenvalue weighted by molar-refractivity contribution is 0.0728. The van der Waals surface area contributed by atoms with Gasteiger partial charge in [-0.1, -0.05) is 48.5 Å². The van der Waals surface area contributed by atoms with E-state index in [0.717, 1.165) is 0 Å². The molecule has 0 radical (unpaired) electrons. The molecule has 0 unspecified atom stereocenters. The van der Waals surface area contributed by atoms with Gasteiger partial charge in [0.05, 0.1) is 12.2 Å². The molecule has 2 aromatic carbocycles. The molecule has 0 aliphatic rings. The molecule has 0 fully saturated rings. The van der Waals surface area contributed by atoms with Crippen molar-refractivity contribution in [2.24, 2.45) is 0 Å². The quantitative estimate of drug-likeness (QED) is 0.833. The summed E-state index contributed by atoms with van der Waals surface area (Å²) in [4.78, 5) is 26.7. The van der Waals surface area contributed by atoms with E-state index in [4.69, 9.17) is 5.11 Å². The largest absolute Gasteiger partial charge is 0.395 e. The minimum atomic E-state index is -0.239. The maximum atomic E-state index is 12.6. The number of amides is 1. The predicted octanol–water partition coefficient (Wildman–Crippen LogP) is 2.37. The Hall–Kier alpha value is -2.46. The number of carbonyl (C=O) groups is 2. The molecule has 1 N–H and O–H groups in total. The molecule has 0 spiro atoms. The summed E-state index contributed by atoms with van der Waals surface area (Å²) < 4.78 is 0. The van der Waals surface area contributed by atoms with Crippen molar-refractivity contribution in [2.45, 2.75) is 6.92 Å². The number of aliphatic hydroxyl groups is 1. The van der Waals surface area contributed by atoms with Gasteiger partial charge in [0.2, 0.25) is 0 Å². The van der Waals surface area contributed by atoms with Crippen LogP contribution in [0.25, 0.3) is 0 Å². The zero-order valence-electron chi connectivity index (χ0n) is 12.5. The van der Waals surface area contributed by atoms with E-state index in [1.807, 2.05) is 13.0 Å². The highest BCUT2D eigenvalue weighted by Gasteiger charge is 2.21. The van der Waals surface area contributed by atoms with Gasteiger partial charge in [-0.3, -0.25) is 9.59 Å². The van der Waals surface area contributed by atoms with Crippen molar-refractivity contribution in [3.8, 4) is 0 Å². The molecular weight excluding hydrogens is 278 g/mol. The van der Waals surface area contributed by atoms with Gasteiger partial charge in [-0.2, -0.15) is 0 Å². The smallest absolute Gasteiger partial charge is 0.254 e. The van der Waals surface area contributed by atoms with Crippen molar-refractivity contribution in [3.05, 3.63) is 71.3 Å². The van der Waals surface area contributed by atoms with Crippen molar-refractivity contribution in [2.75, 3.05) is 19.7 Å². The summed E-state index contributed by atoms with van der Waals surface area (Å²) in [6, 6.07) is 15.7. The molecule has 0 aromatic heterocycles. The van der Waals surface area contributed by atoms with Crippen LogP contribution in [0.2, 0.25) is 0 Å². The van der Waals surface area contributed by atoms with Gasteiger partial charge in [-0.25, -0.2) is 0 Å². The summed E-state index contributed by atoms with van der Waals surface area (Å²) >= 11 is 0. The van der Waals surface area contributed by atoms with Gasteiger partial charge in [0.15, 0.2) is 5.78 Å². The Kier molecular flexibility index (Phi) is 5.44. The van der Waals surface area contributed by atoms with Crippen LogP contribution < -0.4 is 0 Å². The van der Waals surface area contributed by atoms with Crippen molar-refractivity contribution < 1.29 is 14.7 Å². The third-order valence-corrected chi connectivity index (χ3v) is 3.48.